The summed E-state index contributed by atoms with van der Waals surface area (Å²) in [6, 6.07) is 17.0. The quantitative estimate of drug-likeness (QED) is 0.704. The topological polar surface area (TPSA) is 30.9 Å². The van der Waals surface area contributed by atoms with Crippen LogP contribution in [0.2, 0.25) is 0 Å². The Kier molecular flexibility index (Phi) is 3.00. The lowest BCUT2D eigenvalue weighted by Gasteiger charge is -2.06. The molecule has 0 aliphatic rings. The van der Waals surface area contributed by atoms with Crippen LogP contribution in [-0.4, -0.2) is 4.57 Å². The van der Waals surface area contributed by atoms with Crippen LogP contribution in [0.1, 0.15) is 18.1 Å². The zero-order valence-corrected chi connectivity index (χ0v) is 11.1. The third-order valence-corrected chi connectivity index (χ3v) is 3.58. The van der Waals surface area contributed by atoms with Crippen molar-refractivity contribution in [2.45, 2.75) is 19.9 Å². The van der Waals surface area contributed by atoms with Gasteiger partial charge in [-0.3, -0.25) is 0 Å². The van der Waals surface area contributed by atoms with Gasteiger partial charge in [0.15, 0.2) is 0 Å². The molecule has 2 N–H and O–H groups in total. The fraction of sp³-hybridized carbons (Fsp3) is 0.176. The number of nitrogen functional groups attached to an aromatic ring is 1. The van der Waals surface area contributed by atoms with Gasteiger partial charge in [0.25, 0.3) is 0 Å². The average molecular weight is 250 g/mol. The van der Waals surface area contributed by atoms with Crippen LogP contribution in [0.15, 0.2) is 54.7 Å². The predicted octanol–water partition coefficient (Wildman–Crippen LogP) is 3.83. The molecule has 2 aromatic carbocycles. The summed E-state index contributed by atoms with van der Waals surface area (Å²) in [7, 11) is 0. The molecule has 0 amide bonds. The van der Waals surface area contributed by atoms with Gasteiger partial charge in [-0.05, 0) is 53.3 Å². The van der Waals surface area contributed by atoms with E-state index in [4.69, 9.17) is 5.73 Å². The van der Waals surface area contributed by atoms with Gasteiger partial charge in [0.05, 0.1) is 0 Å². The average Bonchev–Trinajstić information content (AvgIpc) is 2.83. The first-order valence-electron chi connectivity index (χ1n) is 6.68. The first kappa shape index (κ1) is 11.8. The number of hydrogen-bond donors (Lipinski definition) is 1. The van der Waals surface area contributed by atoms with Gasteiger partial charge in [0.1, 0.15) is 0 Å². The monoisotopic (exact) mass is 250 g/mol. The Hall–Kier alpha value is -2.22. The molecule has 0 aliphatic heterocycles. The third kappa shape index (κ3) is 2.34. The highest BCUT2D eigenvalue weighted by Crippen LogP contribution is 2.19. The normalized spacial score (nSPS) is 11.0. The van der Waals surface area contributed by atoms with Crippen LogP contribution in [-0.2, 0) is 13.0 Å². The summed E-state index contributed by atoms with van der Waals surface area (Å²) in [5.41, 5.74) is 10.5. The van der Waals surface area contributed by atoms with Crippen molar-refractivity contribution in [3.05, 3.63) is 65.9 Å². The van der Waals surface area contributed by atoms with E-state index >= 15 is 0 Å². The zero-order valence-electron chi connectivity index (χ0n) is 11.1. The van der Waals surface area contributed by atoms with Crippen LogP contribution in [0.25, 0.3) is 10.9 Å². The minimum Gasteiger partial charge on any atom is -0.399 e. The maximum atomic E-state index is 5.72. The van der Waals surface area contributed by atoms with Crippen molar-refractivity contribution >= 4 is 16.6 Å². The summed E-state index contributed by atoms with van der Waals surface area (Å²) < 4.78 is 2.28. The summed E-state index contributed by atoms with van der Waals surface area (Å²) in [6.45, 7) is 3.07. The molecular formula is C17H18N2. The van der Waals surface area contributed by atoms with Crippen LogP contribution in [0.4, 0.5) is 5.69 Å². The molecule has 0 saturated heterocycles. The van der Waals surface area contributed by atoms with E-state index in [0.29, 0.717) is 0 Å². The van der Waals surface area contributed by atoms with Crippen LogP contribution in [0, 0.1) is 0 Å². The molecule has 3 aromatic rings. The Labute approximate surface area is 113 Å². The summed E-state index contributed by atoms with van der Waals surface area (Å²) in [5, 5.41) is 1.31. The van der Waals surface area contributed by atoms with Gasteiger partial charge in [0, 0.05) is 23.9 Å². The van der Waals surface area contributed by atoms with Gasteiger partial charge in [0.2, 0.25) is 0 Å². The molecule has 0 unspecified atom stereocenters. The van der Waals surface area contributed by atoms with Crippen molar-refractivity contribution in [3.8, 4) is 0 Å². The second kappa shape index (κ2) is 4.81. The molecule has 1 heterocycles. The first-order chi connectivity index (χ1) is 9.26. The van der Waals surface area contributed by atoms with Crippen molar-refractivity contribution in [3.63, 3.8) is 0 Å². The van der Waals surface area contributed by atoms with E-state index in [1.54, 1.807) is 0 Å². The van der Waals surface area contributed by atoms with Gasteiger partial charge >= 0.3 is 0 Å². The lowest BCUT2D eigenvalue weighted by atomic mass is 10.1. The van der Waals surface area contributed by atoms with Crippen molar-refractivity contribution in [1.82, 2.24) is 4.57 Å². The second-order valence-electron chi connectivity index (χ2n) is 4.93. The second-order valence-corrected chi connectivity index (χ2v) is 4.93. The fourth-order valence-corrected chi connectivity index (χ4v) is 2.43. The van der Waals surface area contributed by atoms with E-state index in [1.807, 2.05) is 12.1 Å². The molecule has 0 aliphatic carbocycles. The standard InChI is InChI=1S/C17H18N2/c1-2-13-5-8-17-15(11-13)9-10-19(17)12-14-3-6-16(18)7-4-14/h3-11H,2,12,18H2,1H3. The van der Waals surface area contributed by atoms with E-state index in [2.05, 4.69) is 54.1 Å². The Bertz CT molecular complexity index is 693. The van der Waals surface area contributed by atoms with Crippen LogP contribution < -0.4 is 5.73 Å². The number of rotatable bonds is 3. The number of fused-ring (bicyclic) bond motifs is 1. The molecule has 2 nitrogen and oxygen atoms in total. The Morgan fingerprint density at radius 2 is 1.68 bits per heavy atom. The highest BCUT2D eigenvalue weighted by molar-refractivity contribution is 5.81. The number of nitrogens with two attached hydrogens (primary N) is 1. The van der Waals surface area contributed by atoms with Gasteiger partial charge in [-0.1, -0.05) is 25.1 Å². The highest BCUT2D eigenvalue weighted by Gasteiger charge is 2.02. The number of hydrogen-bond acceptors (Lipinski definition) is 1. The lowest BCUT2D eigenvalue weighted by Crippen LogP contribution is -1.98. The largest absolute Gasteiger partial charge is 0.399 e. The Morgan fingerprint density at radius 1 is 0.947 bits per heavy atom. The zero-order chi connectivity index (χ0) is 13.2. The van der Waals surface area contributed by atoms with Gasteiger partial charge in [-0.15, -0.1) is 0 Å². The summed E-state index contributed by atoms with van der Waals surface area (Å²) >= 11 is 0. The first-order valence-corrected chi connectivity index (χ1v) is 6.68. The number of aryl methyl sites for hydroxylation is 1. The molecule has 0 radical (unpaired) electrons. The van der Waals surface area contributed by atoms with Crippen LogP contribution in [0.5, 0.6) is 0 Å². The summed E-state index contributed by atoms with van der Waals surface area (Å²) in [4.78, 5) is 0. The van der Waals surface area contributed by atoms with E-state index in [0.717, 1.165) is 18.7 Å². The number of nitrogens with zero attached hydrogens (tertiary/aromatic N) is 1. The molecule has 0 atom stereocenters. The SMILES string of the molecule is CCc1ccc2c(ccn2Cc2ccc(N)cc2)c1. The van der Waals surface area contributed by atoms with Crippen LogP contribution in [0.3, 0.4) is 0 Å². The molecule has 1 aromatic heterocycles. The predicted molar refractivity (Wildman–Crippen MR) is 81.3 cm³/mol. The molecule has 2 heteroatoms. The summed E-state index contributed by atoms with van der Waals surface area (Å²) in [6.07, 6.45) is 3.24. The van der Waals surface area contributed by atoms with E-state index in [9.17, 15) is 0 Å². The molecule has 0 saturated carbocycles. The molecule has 0 bridgehead atoms. The minimum atomic E-state index is 0.814. The van der Waals surface area contributed by atoms with E-state index < -0.39 is 0 Å². The van der Waals surface area contributed by atoms with Crippen molar-refractivity contribution in [1.29, 1.82) is 0 Å². The van der Waals surface area contributed by atoms with Crippen molar-refractivity contribution in [2.75, 3.05) is 5.73 Å². The number of benzene rings is 2. The smallest absolute Gasteiger partial charge is 0.0483 e. The Balaban J connectivity index is 1.95. The van der Waals surface area contributed by atoms with Gasteiger partial charge < -0.3 is 10.3 Å². The van der Waals surface area contributed by atoms with E-state index in [1.165, 1.54) is 22.0 Å². The molecular weight excluding hydrogens is 232 g/mol. The molecule has 96 valence electrons. The fourth-order valence-electron chi connectivity index (χ4n) is 2.43. The maximum Gasteiger partial charge on any atom is 0.0483 e. The minimum absolute atomic E-state index is 0.814. The molecule has 0 fully saturated rings. The van der Waals surface area contributed by atoms with Gasteiger partial charge in [-0.25, -0.2) is 0 Å². The highest BCUT2D eigenvalue weighted by atomic mass is 14.9. The Morgan fingerprint density at radius 3 is 2.42 bits per heavy atom. The molecule has 3 rings (SSSR count). The molecule has 0 spiro atoms. The lowest BCUT2D eigenvalue weighted by molar-refractivity contribution is 0.837. The van der Waals surface area contributed by atoms with Crippen molar-refractivity contribution in [2.24, 2.45) is 0 Å². The summed E-state index contributed by atoms with van der Waals surface area (Å²) in [5.74, 6) is 0. The third-order valence-electron chi connectivity index (χ3n) is 3.58. The molecule has 19 heavy (non-hydrogen) atoms. The van der Waals surface area contributed by atoms with Crippen molar-refractivity contribution < 1.29 is 0 Å². The maximum absolute atomic E-state index is 5.72. The van der Waals surface area contributed by atoms with E-state index in [-0.39, 0.29) is 0 Å². The number of anilines is 1. The van der Waals surface area contributed by atoms with Crippen LogP contribution >= 0.6 is 0 Å². The number of aromatic nitrogens is 1. The van der Waals surface area contributed by atoms with Gasteiger partial charge in [-0.2, -0.15) is 0 Å².